The van der Waals surface area contributed by atoms with Crippen molar-refractivity contribution in [2.45, 2.75) is 43.5 Å². The highest BCUT2D eigenvalue weighted by atomic mass is 32.2. The van der Waals surface area contributed by atoms with Gasteiger partial charge in [-0.1, -0.05) is 18.2 Å². The van der Waals surface area contributed by atoms with Crippen molar-refractivity contribution in [2.75, 3.05) is 5.75 Å². The molecule has 0 aromatic heterocycles. The summed E-state index contributed by atoms with van der Waals surface area (Å²) in [6.07, 6.45) is 3.14. The molecule has 0 bridgehead atoms. The molecule has 2 aromatic rings. The van der Waals surface area contributed by atoms with Crippen molar-refractivity contribution in [1.82, 2.24) is 5.32 Å². The highest BCUT2D eigenvalue weighted by molar-refractivity contribution is 7.91. The lowest BCUT2D eigenvalue weighted by molar-refractivity contribution is -0.119. The minimum Gasteiger partial charge on any atom is -0.457 e. The summed E-state index contributed by atoms with van der Waals surface area (Å²) in [5.41, 5.74) is 1.93. The van der Waals surface area contributed by atoms with Gasteiger partial charge in [-0.3, -0.25) is 4.79 Å². The first-order valence-electron chi connectivity index (χ1n) is 9.30. The molecular formula is C21H23NO4S. The smallest absolute Gasteiger partial charge is 0.217 e. The Bertz CT molecular complexity index is 962. The van der Waals surface area contributed by atoms with E-state index in [0.29, 0.717) is 34.8 Å². The molecule has 0 radical (unpaired) electrons. The van der Waals surface area contributed by atoms with Gasteiger partial charge in [0.25, 0.3) is 0 Å². The Kier molecular flexibility index (Phi) is 4.68. The van der Waals surface area contributed by atoms with Crippen molar-refractivity contribution >= 4 is 15.7 Å². The highest BCUT2D eigenvalue weighted by Crippen LogP contribution is 2.49. The maximum Gasteiger partial charge on any atom is 0.217 e. The van der Waals surface area contributed by atoms with Crippen molar-refractivity contribution in [2.24, 2.45) is 5.92 Å². The quantitative estimate of drug-likeness (QED) is 0.850. The molecule has 1 N–H and O–H groups in total. The molecule has 1 fully saturated rings. The maximum atomic E-state index is 12.5. The van der Waals surface area contributed by atoms with Gasteiger partial charge >= 0.3 is 0 Å². The van der Waals surface area contributed by atoms with Gasteiger partial charge in [0.05, 0.1) is 10.6 Å². The van der Waals surface area contributed by atoms with E-state index in [4.69, 9.17) is 4.74 Å². The van der Waals surface area contributed by atoms with E-state index in [0.717, 1.165) is 17.5 Å². The molecule has 1 saturated carbocycles. The number of hydrogen-bond acceptors (Lipinski definition) is 4. The average molecular weight is 385 g/mol. The van der Waals surface area contributed by atoms with Crippen LogP contribution >= 0.6 is 0 Å². The van der Waals surface area contributed by atoms with Gasteiger partial charge in [0.2, 0.25) is 5.91 Å². The second-order valence-electron chi connectivity index (χ2n) is 7.41. The minimum absolute atomic E-state index is 0.0740. The third kappa shape index (κ3) is 4.00. The Morgan fingerprint density at radius 1 is 1.07 bits per heavy atom. The molecule has 142 valence electrons. The second-order valence-corrected chi connectivity index (χ2v) is 9.48. The van der Waals surface area contributed by atoms with Crippen LogP contribution in [-0.4, -0.2) is 20.1 Å². The molecule has 0 spiro atoms. The van der Waals surface area contributed by atoms with Crippen LogP contribution in [0.5, 0.6) is 11.5 Å². The molecule has 1 unspecified atom stereocenters. The van der Waals surface area contributed by atoms with E-state index in [1.807, 2.05) is 36.4 Å². The zero-order valence-corrected chi connectivity index (χ0v) is 16.1. The number of benzene rings is 2. The molecule has 1 heterocycles. The molecule has 2 aromatic carbocycles. The molecule has 2 aliphatic rings. The van der Waals surface area contributed by atoms with Crippen LogP contribution < -0.4 is 10.1 Å². The Hall–Kier alpha value is -2.34. The zero-order valence-electron chi connectivity index (χ0n) is 15.3. The van der Waals surface area contributed by atoms with Gasteiger partial charge in [-0.05, 0) is 66.5 Å². The van der Waals surface area contributed by atoms with E-state index in [9.17, 15) is 13.2 Å². The Morgan fingerprint density at radius 3 is 2.44 bits per heavy atom. The zero-order chi connectivity index (χ0) is 19.0. The Balaban J connectivity index is 1.54. The molecule has 1 aliphatic heterocycles. The SMILES string of the molecule is CC(=O)NCc1ccc(Oc2ccc3c(c2)S(=O)(=O)CCC3C2CC2)cc1. The van der Waals surface area contributed by atoms with E-state index in [1.165, 1.54) is 19.8 Å². The van der Waals surface area contributed by atoms with E-state index in [1.54, 1.807) is 6.07 Å². The van der Waals surface area contributed by atoms with Crippen molar-refractivity contribution < 1.29 is 17.9 Å². The molecule has 1 atom stereocenters. The minimum atomic E-state index is -3.24. The van der Waals surface area contributed by atoms with Gasteiger partial charge in [-0.15, -0.1) is 0 Å². The van der Waals surface area contributed by atoms with Gasteiger partial charge in [0, 0.05) is 13.5 Å². The number of carbonyl (C=O) groups is 1. The first-order valence-corrected chi connectivity index (χ1v) is 11.0. The van der Waals surface area contributed by atoms with Crippen molar-refractivity contribution in [1.29, 1.82) is 0 Å². The topological polar surface area (TPSA) is 72.5 Å². The van der Waals surface area contributed by atoms with Crippen LogP contribution in [0.2, 0.25) is 0 Å². The number of amides is 1. The molecule has 1 amide bonds. The lowest BCUT2D eigenvalue weighted by Crippen LogP contribution is -2.21. The van der Waals surface area contributed by atoms with Crippen LogP contribution in [0.15, 0.2) is 47.4 Å². The summed E-state index contributed by atoms with van der Waals surface area (Å²) in [6.45, 7) is 1.95. The molecule has 4 rings (SSSR count). The van der Waals surface area contributed by atoms with Gasteiger partial charge < -0.3 is 10.1 Å². The van der Waals surface area contributed by atoms with E-state index in [-0.39, 0.29) is 11.7 Å². The van der Waals surface area contributed by atoms with Crippen LogP contribution in [0.25, 0.3) is 0 Å². The fourth-order valence-corrected chi connectivity index (χ4v) is 5.39. The summed E-state index contributed by atoms with van der Waals surface area (Å²) >= 11 is 0. The Morgan fingerprint density at radius 2 is 1.78 bits per heavy atom. The van der Waals surface area contributed by atoms with Gasteiger partial charge in [-0.2, -0.15) is 0 Å². The number of carbonyl (C=O) groups excluding carboxylic acids is 1. The fourth-order valence-electron chi connectivity index (χ4n) is 3.73. The van der Waals surface area contributed by atoms with E-state index in [2.05, 4.69) is 5.32 Å². The highest BCUT2D eigenvalue weighted by Gasteiger charge is 2.39. The second kappa shape index (κ2) is 7.00. The summed E-state index contributed by atoms with van der Waals surface area (Å²) in [7, 11) is -3.24. The normalized spacial score (nSPS) is 20.6. The molecule has 1 aliphatic carbocycles. The maximum absolute atomic E-state index is 12.5. The van der Waals surface area contributed by atoms with E-state index >= 15 is 0 Å². The van der Waals surface area contributed by atoms with Gasteiger partial charge in [0.15, 0.2) is 9.84 Å². The molecule has 27 heavy (non-hydrogen) atoms. The number of rotatable bonds is 5. The standard InChI is InChI=1S/C21H23NO4S/c1-14(23)22-13-15-2-6-17(7-3-15)26-18-8-9-20-19(16-4-5-16)10-11-27(24,25)21(20)12-18/h2-3,6-9,12,16,19H,4-5,10-11,13H2,1H3,(H,22,23). The average Bonchev–Trinajstić information content (AvgIpc) is 3.47. The summed E-state index contributed by atoms with van der Waals surface area (Å²) in [6, 6.07) is 12.9. The molecule has 6 heteroatoms. The number of ether oxygens (including phenoxy) is 1. The summed E-state index contributed by atoms with van der Waals surface area (Å²) in [4.78, 5) is 11.4. The Labute approximate surface area is 159 Å². The van der Waals surface area contributed by atoms with Crippen LogP contribution in [0.4, 0.5) is 0 Å². The molecule has 0 saturated heterocycles. The first-order chi connectivity index (χ1) is 12.9. The summed E-state index contributed by atoms with van der Waals surface area (Å²) in [5.74, 6) is 2.32. The molecule has 5 nitrogen and oxygen atoms in total. The molecular weight excluding hydrogens is 362 g/mol. The third-order valence-corrected chi connectivity index (χ3v) is 7.11. The van der Waals surface area contributed by atoms with Crippen molar-refractivity contribution in [3.8, 4) is 11.5 Å². The third-order valence-electron chi connectivity index (χ3n) is 5.31. The number of nitrogens with one attached hydrogen (secondary N) is 1. The van der Waals surface area contributed by atoms with Crippen LogP contribution in [0.3, 0.4) is 0 Å². The predicted octanol–water partition coefficient (Wildman–Crippen LogP) is 3.79. The van der Waals surface area contributed by atoms with Crippen LogP contribution in [-0.2, 0) is 21.2 Å². The van der Waals surface area contributed by atoms with Gasteiger partial charge in [-0.25, -0.2) is 8.42 Å². The largest absolute Gasteiger partial charge is 0.457 e. The number of fused-ring (bicyclic) bond motifs is 1. The lowest BCUT2D eigenvalue weighted by atomic mass is 9.91. The summed E-state index contributed by atoms with van der Waals surface area (Å²) in [5, 5.41) is 2.75. The predicted molar refractivity (Wildman–Crippen MR) is 103 cm³/mol. The fraction of sp³-hybridized carbons (Fsp3) is 0.381. The first kappa shape index (κ1) is 18.0. The monoisotopic (exact) mass is 385 g/mol. The van der Waals surface area contributed by atoms with Crippen LogP contribution in [0.1, 0.15) is 43.2 Å². The van der Waals surface area contributed by atoms with Crippen LogP contribution in [0, 0.1) is 5.92 Å². The number of hydrogen-bond donors (Lipinski definition) is 1. The van der Waals surface area contributed by atoms with Crippen molar-refractivity contribution in [3.63, 3.8) is 0 Å². The number of sulfone groups is 1. The van der Waals surface area contributed by atoms with Gasteiger partial charge in [0.1, 0.15) is 11.5 Å². The van der Waals surface area contributed by atoms with E-state index < -0.39 is 9.84 Å². The summed E-state index contributed by atoms with van der Waals surface area (Å²) < 4.78 is 31.0. The lowest BCUT2D eigenvalue weighted by Gasteiger charge is -2.25. The van der Waals surface area contributed by atoms with Crippen molar-refractivity contribution in [3.05, 3.63) is 53.6 Å².